The molecule has 0 saturated carbocycles. The molecule has 1 saturated heterocycles. The number of rotatable bonds is 5. The zero-order chi connectivity index (χ0) is 11.9. The van der Waals surface area contributed by atoms with Gasteiger partial charge in [0.2, 0.25) is 0 Å². The minimum Gasteiger partial charge on any atom is -0.494 e. The highest BCUT2D eigenvalue weighted by atomic mass is 19.1. The Hall–Kier alpha value is -1.13. The van der Waals surface area contributed by atoms with E-state index >= 15 is 0 Å². The van der Waals surface area contributed by atoms with E-state index in [0.717, 1.165) is 45.0 Å². The van der Waals surface area contributed by atoms with E-state index in [1.165, 1.54) is 12.1 Å². The molecule has 17 heavy (non-hydrogen) atoms. The second-order valence-corrected chi connectivity index (χ2v) is 4.11. The molecule has 1 fully saturated rings. The Bertz CT molecular complexity index is 323. The summed E-state index contributed by atoms with van der Waals surface area (Å²) in [6, 6.07) is 6.14. The van der Waals surface area contributed by atoms with Crippen LogP contribution in [0.1, 0.15) is 6.42 Å². The van der Waals surface area contributed by atoms with Gasteiger partial charge >= 0.3 is 0 Å². The summed E-state index contributed by atoms with van der Waals surface area (Å²) in [4.78, 5) is 2.37. The Morgan fingerprint density at radius 3 is 2.59 bits per heavy atom. The van der Waals surface area contributed by atoms with Gasteiger partial charge in [-0.1, -0.05) is 0 Å². The number of hydrogen-bond acceptors (Lipinski definition) is 3. The van der Waals surface area contributed by atoms with Crippen LogP contribution in [-0.4, -0.2) is 44.4 Å². The number of ether oxygens (including phenoxy) is 2. The van der Waals surface area contributed by atoms with E-state index in [4.69, 9.17) is 9.47 Å². The monoisotopic (exact) mass is 239 g/mol. The third-order valence-corrected chi connectivity index (χ3v) is 2.80. The van der Waals surface area contributed by atoms with Crippen molar-refractivity contribution in [1.82, 2.24) is 4.90 Å². The van der Waals surface area contributed by atoms with Gasteiger partial charge in [0.05, 0.1) is 19.8 Å². The van der Waals surface area contributed by atoms with E-state index < -0.39 is 0 Å². The molecule has 1 aliphatic heterocycles. The summed E-state index contributed by atoms with van der Waals surface area (Å²) < 4.78 is 23.4. The van der Waals surface area contributed by atoms with Crippen molar-refractivity contribution in [2.75, 3.05) is 39.5 Å². The zero-order valence-corrected chi connectivity index (χ0v) is 9.90. The first-order chi connectivity index (χ1) is 8.34. The smallest absolute Gasteiger partial charge is 0.123 e. The van der Waals surface area contributed by atoms with Crippen molar-refractivity contribution in [1.29, 1.82) is 0 Å². The predicted octanol–water partition coefficient (Wildman–Crippen LogP) is 1.93. The van der Waals surface area contributed by atoms with Crippen LogP contribution in [0.2, 0.25) is 0 Å². The Kier molecular flexibility index (Phi) is 4.76. The maximum Gasteiger partial charge on any atom is 0.123 e. The van der Waals surface area contributed by atoms with Gasteiger partial charge in [0.25, 0.3) is 0 Å². The number of halogens is 1. The van der Waals surface area contributed by atoms with Gasteiger partial charge in [0.15, 0.2) is 0 Å². The molecule has 0 bridgehead atoms. The van der Waals surface area contributed by atoms with Gasteiger partial charge in [0, 0.05) is 19.6 Å². The van der Waals surface area contributed by atoms with Crippen LogP contribution in [0.3, 0.4) is 0 Å². The lowest BCUT2D eigenvalue weighted by Crippen LogP contribution is -2.37. The molecule has 0 unspecified atom stereocenters. The first kappa shape index (κ1) is 12.3. The molecule has 94 valence electrons. The van der Waals surface area contributed by atoms with Gasteiger partial charge in [-0.05, 0) is 30.7 Å². The molecule has 0 atom stereocenters. The van der Waals surface area contributed by atoms with Crippen LogP contribution < -0.4 is 4.74 Å². The van der Waals surface area contributed by atoms with Gasteiger partial charge in [-0.25, -0.2) is 4.39 Å². The molecule has 0 spiro atoms. The maximum absolute atomic E-state index is 12.6. The Balaban J connectivity index is 1.60. The Morgan fingerprint density at radius 2 is 1.88 bits per heavy atom. The van der Waals surface area contributed by atoms with Crippen LogP contribution in [-0.2, 0) is 4.74 Å². The van der Waals surface area contributed by atoms with Crippen LogP contribution in [0.5, 0.6) is 5.75 Å². The van der Waals surface area contributed by atoms with Crippen molar-refractivity contribution in [3.63, 3.8) is 0 Å². The SMILES string of the molecule is Fc1ccc(OCCCN2CCOCC2)cc1. The van der Waals surface area contributed by atoms with Crippen molar-refractivity contribution >= 4 is 0 Å². The van der Waals surface area contributed by atoms with E-state index in [1.807, 2.05) is 0 Å². The fourth-order valence-electron chi connectivity index (χ4n) is 1.83. The summed E-state index contributed by atoms with van der Waals surface area (Å²) in [5.41, 5.74) is 0. The Labute approximate surface area is 101 Å². The first-order valence-electron chi connectivity index (χ1n) is 6.03. The number of nitrogens with zero attached hydrogens (tertiary/aromatic N) is 1. The topological polar surface area (TPSA) is 21.7 Å². The number of hydrogen-bond donors (Lipinski definition) is 0. The van der Waals surface area contributed by atoms with E-state index in [2.05, 4.69) is 4.90 Å². The van der Waals surface area contributed by atoms with Crippen LogP contribution in [0, 0.1) is 5.82 Å². The summed E-state index contributed by atoms with van der Waals surface area (Å²) in [5.74, 6) is 0.499. The molecule has 1 aliphatic rings. The molecule has 2 rings (SSSR count). The van der Waals surface area contributed by atoms with Crippen molar-refractivity contribution in [2.24, 2.45) is 0 Å². The predicted molar refractivity (Wildman–Crippen MR) is 63.8 cm³/mol. The third-order valence-electron chi connectivity index (χ3n) is 2.80. The summed E-state index contributed by atoms with van der Waals surface area (Å²) in [5, 5.41) is 0. The highest BCUT2D eigenvalue weighted by Gasteiger charge is 2.09. The lowest BCUT2D eigenvalue weighted by Gasteiger charge is -2.26. The highest BCUT2D eigenvalue weighted by molar-refractivity contribution is 5.21. The zero-order valence-electron chi connectivity index (χ0n) is 9.90. The summed E-state index contributed by atoms with van der Waals surface area (Å²) in [6.07, 6.45) is 0.984. The van der Waals surface area contributed by atoms with Crippen LogP contribution in [0.4, 0.5) is 4.39 Å². The van der Waals surface area contributed by atoms with E-state index in [1.54, 1.807) is 12.1 Å². The molecule has 0 radical (unpaired) electrons. The van der Waals surface area contributed by atoms with Crippen LogP contribution in [0.15, 0.2) is 24.3 Å². The number of benzene rings is 1. The largest absolute Gasteiger partial charge is 0.494 e. The van der Waals surface area contributed by atoms with Crippen LogP contribution >= 0.6 is 0 Å². The fraction of sp³-hybridized carbons (Fsp3) is 0.538. The molecule has 0 aromatic heterocycles. The van der Waals surface area contributed by atoms with Gasteiger partial charge in [-0.2, -0.15) is 0 Å². The molecule has 3 nitrogen and oxygen atoms in total. The standard InChI is InChI=1S/C13H18FNO2/c14-12-2-4-13(5-3-12)17-9-1-6-15-7-10-16-11-8-15/h2-5H,1,6-11H2. The fourth-order valence-corrected chi connectivity index (χ4v) is 1.83. The van der Waals surface area contributed by atoms with E-state index in [0.29, 0.717) is 6.61 Å². The molecule has 0 amide bonds. The molecular weight excluding hydrogens is 221 g/mol. The Morgan fingerprint density at radius 1 is 1.18 bits per heavy atom. The average molecular weight is 239 g/mol. The van der Waals surface area contributed by atoms with Crippen molar-refractivity contribution < 1.29 is 13.9 Å². The normalized spacial score (nSPS) is 17.0. The second kappa shape index (κ2) is 6.57. The van der Waals surface area contributed by atoms with Gasteiger partial charge in [-0.3, -0.25) is 4.90 Å². The molecule has 0 N–H and O–H groups in total. The van der Waals surface area contributed by atoms with Gasteiger partial charge < -0.3 is 9.47 Å². The number of morpholine rings is 1. The summed E-state index contributed by atoms with van der Waals surface area (Å²) >= 11 is 0. The van der Waals surface area contributed by atoms with E-state index in [-0.39, 0.29) is 5.82 Å². The van der Waals surface area contributed by atoms with Crippen LogP contribution in [0.25, 0.3) is 0 Å². The molecule has 1 aromatic carbocycles. The van der Waals surface area contributed by atoms with Crippen molar-refractivity contribution in [2.45, 2.75) is 6.42 Å². The second-order valence-electron chi connectivity index (χ2n) is 4.11. The lowest BCUT2D eigenvalue weighted by atomic mass is 10.3. The third kappa shape index (κ3) is 4.32. The molecule has 1 heterocycles. The molecule has 1 aromatic rings. The molecule has 0 aliphatic carbocycles. The minimum atomic E-state index is -0.231. The quantitative estimate of drug-likeness (QED) is 0.733. The summed E-state index contributed by atoms with van der Waals surface area (Å²) in [6.45, 7) is 5.39. The average Bonchev–Trinajstić information content (AvgIpc) is 2.38. The first-order valence-corrected chi connectivity index (χ1v) is 6.03. The molecular formula is C13H18FNO2. The highest BCUT2D eigenvalue weighted by Crippen LogP contribution is 2.11. The van der Waals surface area contributed by atoms with Gasteiger partial charge in [-0.15, -0.1) is 0 Å². The van der Waals surface area contributed by atoms with Crippen molar-refractivity contribution in [3.05, 3.63) is 30.1 Å². The van der Waals surface area contributed by atoms with Crippen molar-refractivity contribution in [3.8, 4) is 5.75 Å². The lowest BCUT2D eigenvalue weighted by molar-refractivity contribution is 0.0358. The van der Waals surface area contributed by atoms with Gasteiger partial charge in [0.1, 0.15) is 11.6 Å². The van der Waals surface area contributed by atoms with E-state index in [9.17, 15) is 4.39 Å². The minimum absolute atomic E-state index is 0.231. The molecule has 4 heteroatoms. The maximum atomic E-state index is 12.6. The summed E-state index contributed by atoms with van der Waals surface area (Å²) in [7, 11) is 0.